The highest BCUT2D eigenvalue weighted by atomic mass is 79.9. The molecule has 128 valence electrons. The minimum atomic E-state index is -3.75. The summed E-state index contributed by atoms with van der Waals surface area (Å²) < 4.78 is 32.7. The molecular weight excluding hydrogens is 396 g/mol. The van der Waals surface area contributed by atoms with Crippen molar-refractivity contribution in [1.29, 1.82) is 0 Å². The van der Waals surface area contributed by atoms with Crippen LogP contribution in [0.15, 0.2) is 51.8 Å². The normalized spacial score (nSPS) is 11.1. The number of carbonyl (C=O) groups is 1. The Labute approximate surface area is 149 Å². The minimum Gasteiger partial charge on any atom is -0.495 e. The molecule has 1 amide bonds. The number of sulfonamides is 1. The Balaban J connectivity index is 2.38. The second-order valence-corrected chi connectivity index (χ2v) is 7.39. The van der Waals surface area contributed by atoms with Crippen LogP contribution in [0.3, 0.4) is 0 Å². The summed E-state index contributed by atoms with van der Waals surface area (Å²) in [6, 6.07) is 11.4. The van der Waals surface area contributed by atoms with Crippen LogP contribution in [0, 0.1) is 0 Å². The lowest BCUT2D eigenvalue weighted by Crippen LogP contribution is -2.24. The summed E-state index contributed by atoms with van der Waals surface area (Å²) in [5, 5.41) is 2.73. The van der Waals surface area contributed by atoms with E-state index in [2.05, 4.69) is 26.0 Å². The summed E-state index contributed by atoms with van der Waals surface area (Å²) in [6.45, 7) is 1.91. The van der Waals surface area contributed by atoms with Crippen molar-refractivity contribution >= 4 is 37.5 Å². The van der Waals surface area contributed by atoms with Crippen molar-refractivity contribution < 1.29 is 17.9 Å². The highest BCUT2D eigenvalue weighted by Gasteiger charge is 2.21. The van der Waals surface area contributed by atoms with Crippen molar-refractivity contribution in [3.63, 3.8) is 0 Å². The average molecular weight is 413 g/mol. The first-order valence-electron chi connectivity index (χ1n) is 7.12. The Bertz CT molecular complexity index is 853. The van der Waals surface area contributed by atoms with Crippen molar-refractivity contribution in [1.82, 2.24) is 4.72 Å². The van der Waals surface area contributed by atoms with Crippen LogP contribution in [0.2, 0.25) is 0 Å². The summed E-state index contributed by atoms with van der Waals surface area (Å²) in [6.07, 6.45) is 0. The monoisotopic (exact) mass is 412 g/mol. The Morgan fingerprint density at radius 1 is 1.21 bits per heavy atom. The molecule has 0 aliphatic carbocycles. The molecule has 0 aliphatic heterocycles. The van der Waals surface area contributed by atoms with Crippen molar-refractivity contribution in [2.24, 2.45) is 0 Å². The number of carbonyl (C=O) groups excluding carboxylic acids is 1. The van der Waals surface area contributed by atoms with Crippen LogP contribution >= 0.6 is 15.9 Å². The smallest absolute Gasteiger partial charge is 0.255 e. The molecular formula is C16H17BrN2O4S. The summed E-state index contributed by atoms with van der Waals surface area (Å²) in [7, 11) is -2.38. The van der Waals surface area contributed by atoms with Crippen LogP contribution < -0.4 is 14.8 Å². The molecule has 24 heavy (non-hydrogen) atoms. The van der Waals surface area contributed by atoms with E-state index in [9.17, 15) is 13.2 Å². The highest BCUT2D eigenvalue weighted by molar-refractivity contribution is 9.10. The van der Waals surface area contributed by atoms with Crippen LogP contribution in [0.5, 0.6) is 5.75 Å². The number of hydrogen-bond donors (Lipinski definition) is 2. The number of anilines is 1. The molecule has 0 heterocycles. The molecule has 2 aromatic rings. The van der Waals surface area contributed by atoms with Crippen molar-refractivity contribution in [3.05, 3.63) is 52.5 Å². The number of ether oxygens (including phenoxy) is 1. The van der Waals surface area contributed by atoms with Gasteiger partial charge in [0.1, 0.15) is 10.6 Å². The standard InChI is InChI=1S/C16H17BrN2O4S/c1-3-18-24(21,22)15-10-11(8-9-14(15)23-2)16(20)19-13-7-5-4-6-12(13)17/h4-10,18H,3H2,1-2H3,(H,19,20). The Morgan fingerprint density at radius 3 is 2.54 bits per heavy atom. The third kappa shape index (κ3) is 4.14. The zero-order valence-electron chi connectivity index (χ0n) is 13.2. The predicted octanol–water partition coefficient (Wildman–Crippen LogP) is 3.01. The first kappa shape index (κ1) is 18.4. The van der Waals surface area contributed by atoms with E-state index in [0.29, 0.717) is 5.69 Å². The Hall–Kier alpha value is -1.90. The summed E-state index contributed by atoms with van der Waals surface area (Å²) in [4.78, 5) is 12.3. The van der Waals surface area contributed by atoms with Crippen LogP contribution in [0.1, 0.15) is 17.3 Å². The lowest BCUT2D eigenvalue weighted by atomic mass is 10.2. The van der Waals surface area contributed by atoms with E-state index < -0.39 is 15.9 Å². The summed E-state index contributed by atoms with van der Waals surface area (Å²) in [5.41, 5.74) is 0.803. The number of methoxy groups -OCH3 is 1. The van der Waals surface area contributed by atoms with Crippen molar-refractivity contribution in [2.45, 2.75) is 11.8 Å². The van der Waals surface area contributed by atoms with E-state index in [1.807, 2.05) is 6.07 Å². The first-order valence-corrected chi connectivity index (χ1v) is 9.40. The molecule has 0 fully saturated rings. The number of halogens is 1. The zero-order valence-corrected chi connectivity index (χ0v) is 15.6. The van der Waals surface area contributed by atoms with Gasteiger partial charge in [-0.1, -0.05) is 19.1 Å². The molecule has 0 aliphatic rings. The molecule has 0 unspecified atom stereocenters. The first-order chi connectivity index (χ1) is 11.4. The fraction of sp³-hybridized carbons (Fsp3) is 0.188. The third-order valence-electron chi connectivity index (χ3n) is 3.17. The van der Waals surface area contributed by atoms with Gasteiger partial charge in [0.2, 0.25) is 10.0 Å². The number of amides is 1. The van der Waals surface area contributed by atoms with Gasteiger partial charge in [0, 0.05) is 16.6 Å². The van der Waals surface area contributed by atoms with Gasteiger partial charge >= 0.3 is 0 Å². The maximum atomic E-state index is 12.4. The number of benzene rings is 2. The quantitative estimate of drug-likeness (QED) is 0.763. The molecule has 0 saturated carbocycles. The fourth-order valence-corrected chi connectivity index (χ4v) is 3.67. The van der Waals surface area contributed by atoms with Gasteiger partial charge in [-0.2, -0.15) is 0 Å². The van der Waals surface area contributed by atoms with Gasteiger partial charge < -0.3 is 10.1 Å². The van der Waals surface area contributed by atoms with Gasteiger partial charge in [0.25, 0.3) is 5.91 Å². The van der Waals surface area contributed by atoms with E-state index in [1.54, 1.807) is 25.1 Å². The van der Waals surface area contributed by atoms with Gasteiger partial charge in [-0.3, -0.25) is 4.79 Å². The number of nitrogens with one attached hydrogen (secondary N) is 2. The topological polar surface area (TPSA) is 84.5 Å². The maximum Gasteiger partial charge on any atom is 0.255 e. The van der Waals surface area contributed by atoms with E-state index in [0.717, 1.165) is 4.47 Å². The van der Waals surface area contributed by atoms with Gasteiger partial charge in [-0.05, 0) is 46.3 Å². The molecule has 0 aromatic heterocycles. The lowest BCUT2D eigenvalue weighted by molar-refractivity contribution is 0.102. The molecule has 6 nitrogen and oxygen atoms in total. The minimum absolute atomic E-state index is 0.0772. The third-order valence-corrected chi connectivity index (χ3v) is 5.43. The molecule has 2 aromatic carbocycles. The SMILES string of the molecule is CCNS(=O)(=O)c1cc(C(=O)Nc2ccccc2Br)ccc1OC. The fourth-order valence-electron chi connectivity index (χ4n) is 2.05. The van der Waals surface area contributed by atoms with Crippen LogP contribution in [0.25, 0.3) is 0 Å². The molecule has 2 N–H and O–H groups in total. The maximum absolute atomic E-state index is 12.4. The zero-order chi connectivity index (χ0) is 17.7. The van der Waals surface area contributed by atoms with E-state index >= 15 is 0 Å². The van der Waals surface area contributed by atoms with Crippen LogP contribution in [-0.2, 0) is 10.0 Å². The number of para-hydroxylation sites is 1. The Kier molecular flexibility index (Phi) is 5.98. The van der Waals surface area contributed by atoms with Gasteiger partial charge in [0.05, 0.1) is 12.8 Å². The van der Waals surface area contributed by atoms with E-state index in [-0.39, 0.29) is 22.8 Å². The molecule has 0 radical (unpaired) electrons. The lowest BCUT2D eigenvalue weighted by Gasteiger charge is -2.12. The second kappa shape index (κ2) is 7.78. The predicted molar refractivity (Wildman–Crippen MR) is 96.0 cm³/mol. The second-order valence-electron chi connectivity index (χ2n) is 4.80. The average Bonchev–Trinajstić information content (AvgIpc) is 2.56. The molecule has 2 rings (SSSR count). The molecule has 0 atom stereocenters. The largest absolute Gasteiger partial charge is 0.495 e. The molecule has 8 heteroatoms. The summed E-state index contributed by atoms with van der Waals surface area (Å²) >= 11 is 3.35. The van der Waals surface area contributed by atoms with Gasteiger partial charge in [-0.15, -0.1) is 0 Å². The van der Waals surface area contributed by atoms with E-state index in [1.165, 1.54) is 25.3 Å². The van der Waals surface area contributed by atoms with E-state index in [4.69, 9.17) is 4.74 Å². The Morgan fingerprint density at radius 2 is 1.92 bits per heavy atom. The molecule has 0 bridgehead atoms. The van der Waals surface area contributed by atoms with Gasteiger partial charge in [0.15, 0.2) is 0 Å². The number of hydrogen-bond acceptors (Lipinski definition) is 4. The number of rotatable bonds is 6. The van der Waals surface area contributed by atoms with Gasteiger partial charge in [-0.25, -0.2) is 13.1 Å². The molecule has 0 spiro atoms. The van der Waals surface area contributed by atoms with Crippen LogP contribution in [0.4, 0.5) is 5.69 Å². The molecule has 0 saturated heterocycles. The highest BCUT2D eigenvalue weighted by Crippen LogP contribution is 2.26. The van der Waals surface area contributed by atoms with Crippen molar-refractivity contribution in [3.8, 4) is 5.75 Å². The van der Waals surface area contributed by atoms with Crippen molar-refractivity contribution in [2.75, 3.05) is 19.0 Å². The van der Waals surface area contributed by atoms with Crippen LogP contribution in [-0.4, -0.2) is 28.0 Å². The summed E-state index contributed by atoms with van der Waals surface area (Å²) in [5.74, 6) is -0.245.